The van der Waals surface area contributed by atoms with Gasteiger partial charge in [0.15, 0.2) is 0 Å². The summed E-state index contributed by atoms with van der Waals surface area (Å²) in [7, 11) is 0. The molecule has 0 unspecified atom stereocenters. The molecule has 0 spiro atoms. The standard InChI is InChI=1S/C16H19NOS2/c1-13-4-6-14(7-5-13)11-19-12-16(18)17-9-8-15-3-2-10-20-15/h2-7,10H,8-9,11-12H2,1H3,(H,17,18). The number of carbonyl (C=O) groups is 1. The summed E-state index contributed by atoms with van der Waals surface area (Å²) >= 11 is 3.39. The maximum atomic E-state index is 11.7. The third-order valence-corrected chi connectivity index (χ3v) is 4.84. The van der Waals surface area contributed by atoms with Crippen molar-refractivity contribution < 1.29 is 4.79 Å². The summed E-state index contributed by atoms with van der Waals surface area (Å²) in [5, 5.41) is 5.03. The smallest absolute Gasteiger partial charge is 0.230 e. The van der Waals surface area contributed by atoms with E-state index in [2.05, 4.69) is 48.0 Å². The fourth-order valence-corrected chi connectivity index (χ4v) is 3.30. The Bertz CT molecular complexity index is 520. The van der Waals surface area contributed by atoms with E-state index in [1.165, 1.54) is 16.0 Å². The molecular weight excluding hydrogens is 286 g/mol. The van der Waals surface area contributed by atoms with Gasteiger partial charge in [-0.15, -0.1) is 23.1 Å². The van der Waals surface area contributed by atoms with Crippen LogP contribution < -0.4 is 5.32 Å². The monoisotopic (exact) mass is 305 g/mol. The second-order valence-corrected chi connectivity index (χ2v) is 6.68. The molecule has 1 N–H and O–H groups in total. The summed E-state index contributed by atoms with van der Waals surface area (Å²) < 4.78 is 0. The highest BCUT2D eigenvalue weighted by atomic mass is 32.2. The predicted octanol–water partition coefficient (Wildman–Crippen LogP) is 3.65. The summed E-state index contributed by atoms with van der Waals surface area (Å²) in [6.07, 6.45) is 0.923. The van der Waals surface area contributed by atoms with Gasteiger partial charge in [-0.1, -0.05) is 35.9 Å². The molecule has 4 heteroatoms. The third kappa shape index (κ3) is 5.39. The third-order valence-electron chi connectivity index (χ3n) is 2.90. The van der Waals surface area contributed by atoms with Gasteiger partial charge >= 0.3 is 0 Å². The highest BCUT2D eigenvalue weighted by Crippen LogP contribution is 2.12. The first kappa shape index (κ1) is 15.1. The van der Waals surface area contributed by atoms with E-state index in [0.29, 0.717) is 5.75 Å². The number of benzene rings is 1. The van der Waals surface area contributed by atoms with Gasteiger partial charge in [0.1, 0.15) is 0 Å². The van der Waals surface area contributed by atoms with Crippen molar-refractivity contribution in [3.05, 3.63) is 57.8 Å². The van der Waals surface area contributed by atoms with Crippen LogP contribution in [0.15, 0.2) is 41.8 Å². The Labute approximate surface area is 128 Å². The molecule has 0 radical (unpaired) electrons. The average Bonchev–Trinajstić information content (AvgIpc) is 2.94. The van der Waals surface area contributed by atoms with Crippen molar-refractivity contribution in [2.75, 3.05) is 12.3 Å². The highest BCUT2D eigenvalue weighted by molar-refractivity contribution is 7.99. The number of hydrogen-bond donors (Lipinski definition) is 1. The molecular formula is C16H19NOS2. The molecule has 0 atom stereocenters. The van der Waals surface area contributed by atoms with Crippen LogP contribution in [0.4, 0.5) is 0 Å². The Morgan fingerprint density at radius 1 is 1.25 bits per heavy atom. The van der Waals surface area contributed by atoms with Crippen molar-refractivity contribution in [3.8, 4) is 0 Å². The van der Waals surface area contributed by atoms with E-state index < -0.39 is 0 Å². The molecule has 0 saturated heterocycles. The van der Waals surface area contributed by atoms with Crippen LogP contribution >= 0.6 is 23.1 Å². The second-order valence-electron chi connectivity index (χ2n) is 4.66. The first-order valence-corrected chi connectivity index (χ1v) is 8.70. The minimum atomic E-state index is 0.124. The maximum Gasteiger partial charge on any atom is 0.230 e. The Morgan fingerprint density at radius 3 is 2.75 bits per heavy atom. The topological polar surface area (TPSA) is 29.1 Å². The Kier molecular flexibility index (Phi) is 6.15. The fourth-order valence-electron chi connectivity index (χ4n) is 1.78. The van der Waals surface area contributed by atoms with E-state index in [0.717, 1.165) is 18.7 Å². The lowest BCUT2D eigenvalue weighted by Gasteiger charge is -2.05. The van der Waals surface area contributed by atoms with Gasteiger partial charge in [0.2, 0.25) is 5.91 Å². The Morgan fingerprint density at radius 2 is 2.05 bits per heavy atom. The zero-order valence-electron chi connectivity index (χ0n) is 11.6. The lowest BCUT2D eigenvalue weighted by molar-refractivity contribution is -0.118. The molecule has 106 valence electrons. The van der Waals surface area contributed by atoms with E-state index in [4.69, 9.17) is 0 Å². The maximum absolute atomic E-state index is 11.7. The molecule has 1 heterocycles. The highest BCUT2D eigenvalue weighted by Gasteiger charge is 2.02. The van der Waals surface area contributed by atoms with Gasteiger partial charge in [-0.2, -0.15) is 0 Å². The number of carbonyl (C=O) groups excluding carboxylic acids is 1. The number of aryl methyl sites for hydroxylation is 1. The van der Waals surface area contributed by atoms with E-state index in [9.17, 15) is 4.79 Å². The van der Waals surface area contributed by atoms with Crippen molar-refractivity contribution >= 4 is 29.0 Å². The lowest BCUT2D eigenvalue weighted by atomic mass is 10.2. The molecule has 0 aliphatic rings. The second kappa shape index (κ2) is 8.12. The van der Waals surface area contributed by atoms with E-state index in [1.807, 2.05) is 6.07 Å². The lowest BCUT2D eigenvalue weighted by Crippen LogP contribution is -2.27. The molecule has 0 fully saturated rings. The zero-order valence-corrected chi connectivity index (χ0v) is 13.2. The van der Waals surface area contributed by atoms with Crippen molar-refractivity contribution in [3.63, 3.8) is 0 Å². The summed E-state index contributed by atoms with van der Waals surface area (Å²) in [4.78, 5) is 13.0. The molecule has 2 nitrogen and oxygen atoms in total. The van der Waals surface area contributed by atoms with E-state index in [-0.39, 0.29) is 5.91 Å². The minimum absolute atomic E-state index is 0.124. The van der Waals surface area contributed by atoms with Gasteiger partial charge in [-0.3, -0.25) is 4.79 Å². The molecule has 0 saturated carbocycles. The van der Waals surface area contributed by atoms with Crippen molar-refractivity contribution in [1.29, 1.82) is 0 Å². The number of rotatable bonds is 7. The molecule has 0 aliphatic heterocycles. The van der Waals surface area contributed by atoms with Gasteiger partial charge in [0, 0.05) is 17.2 Å². The molecule has 1 aromatic carbocycles. The molecule has 2 rings (SSSR count). The molecule has 2 aromatic rings. The SMILES string of the molecule is Cc1ccc(CSCC(=O)NCCc2cccs2)cc1. The van der Waals surface area contributed by atoms with Crippen molar-refractivity contribution in [2.24, 2.45) is 0 Å². The molecule has 20 heavy (non-hydrogen) atoms. The van der Waals surface area contributed by atoms with Gasteiger partial charge in [-0.05, 0) is 30.4 Å². The van der Waals surface area contributed by atoms with Crippen LogP contribution in [0, 0.1) is 6.92 Å². The summed E-state index contributed by atoms with van der Waals surface area (Å²) in [6, 6.07) is 12.6. The van der Waals surface area contributed by atoms with Gasteiger partial charge < -0.3 is 5.32 Å². The van der Waals surface area contributed by atoms with Crippen LogP contribution in [0.2, 0.25) is 0 Å². The normalized spacial score (nSPS) is 10.4. The summed E-state index contributed by atoms with van der Waals surface area (Å²) in [5.41, 5.74) is 2.54. The van der Waals surface area contributed by atoms with Gasteiger partial charge in [-0.25, -0.2) is 0 Å². The zero-order chi connectivity index (χ0) is 14.2. The molecule has 0 bridgehead atoms. The Balaban J connectivity index is 1.59. The van der Waals surface area contributed by atoms with Crippen LogP contribution in [0.1, 0.15) is 16.0 Å². The fraction of sp³-hybridized carbons (Fsp3) is 0.312. The summed E-state index contributed by atoms with van der Waals surface area (Å²) in [5.74, 6) is 1.54. The first-order valence-electron chi connectivity index (χ1n) is 6.66. The number of thioether (sulfide) groups is 1. The summed E-state index contributed by atoms with van der Waals surface area (Å²) in [6.45, 7) is 2.81. The van der Waals surface area contributed by atoms with Crippen LogP contribution in [0.25, 0.3) is 0 Å². The number of amides is 1. The van der Waals surface area contributed by atoms with Crippen molar-refractivity contribution in [2.45, 2.75) is 19.1 Å². The first-order chi connectivity index (χ1) is 9.74. The number of nitrogens with one attached hydrogen (secondary N) is 1. The van der Waals surface area contributed by atoms with Crippen LogP contribution in [0.5, 0.6) is 0 Å². The van der Waals surface area contributed by atoms with Crippen LogP contribution in [-0.2, 0) is 17.0 Å². The minimum Gasteiger partial charge on any atom is -0.355 e. The predicted molar refractivity (Wildman–Crippen MR) is 88.4 cm³/mol. The number of hydrogen-bond acceptors (Lipinski definition) is 3. The van der Waals surface area contributed by atoms with Crippen molar-refractivity contribution in [1.82, 2.24) is 5.32 Å². The number of thiophene rings is 1. The molecule has 1 aromatic heterocycles. The Hall–Kier alpha value is -1.26. The molecule has 0 aliphatic carbocycles. The molecule has 1 amide bonds. The van der Waals surface area contributed by atoms with Crippen LogP contribution in [-0.4, -0.2) is 18.2 Å². The largest absolute Gasteiger partial charge is 0.355 e. The van der Waals surface area contributed by atoms with Gasteiger partial charge in [0.25, 0.3) is 0 Å². The van der Waals surface area contributed by atoms with Gasteiger partial charge in [0.05, 0.1) is 5.75 Å². The quantitative estimate of drug-likeness (QED) is 0.846. The van der Waals surface area contributed by atoms with E-state index >= 15 is 0 Å². The van der Waals surface area contributed by atoms with Crippen LogP contribution in [0.3, 0.4) is 0 Å². The van der Waals surface area contributed by atoms with E-state index in [1.54, 1.807) is 23.1 Å². The average molecular weight is 305 g/mol.